The van der Waals surface area contributed by atoms with Gasteiger partial charge in [-0.1, -0.05) is 5.21 Å². The molecule has 0 unspecified atom stereocenters. The van der Waals surface area contributed by atoms with Crippen LogP contribution in [-0.4, -0.2) is 42.8 Å². The van der Waals surface area contributed by atoms with Crippen molar-refractivity contribution in [3.8, 4) is 11.3 Å². The standard InChI is InChI=1S/C11H12N4O3/c16-7-1-6-15-10(8-2-4-12-5-3-8)9(11(17)18)13-14-15/h2-5,16H,1,6-7H2,(H,17,18). The number of aliphatic hydroxyl groups is 1. The maximum Gasteiger partial charge on any atom is 0.358 e. The molecule has 2 rings (SSSR count). The van der Waals surface area contributed by atoms with Crippen LogP contribution < -0.4 is 0 Å². The van der Waals surface area contributed by atoms with Gasteiger partial charge in [-0.05, 0) is 18.6 Å². The van der Waals surface area contributed by atoms with Crippen LogP contribution in [-0.2, 0) is 6.54 Å². The zero-order chi connectivity index (χ0) is 13.0. The molecule has 2 heterocycles. The summed E-state index contributed by atoms with van der Waals surface area (Å²) < 4.78 is 1.48. The van der Waals surface area contributed by atoms with Gasteiger partial charge in [-0.15, -0.1) is 5.10 Å². The summed E-state index contributed by atoms with van der Waals surface area (Å²) in [5.41, 5.74) is 1.02. The molecular weight excluding hydrogens is 236 g/mol. The number of aromatic nitrogens is 4. The topological polar surface area (TPSA) is 101 Å². The lowest BCUT2D eigenvalue weighted by Crippen LogP contribution is -2.06. The van der Waals surface area contributed by atoms with Crippen LogP contribution in [0.15, 0.2) is 24.5 Å². The molecule has 0 amide bonds. The van der Waals surface area contributed by atoms with E-state index in [1.807, 2.05) is 0 Å². The van der Waals surface area contributed by atoms with Crippen molar-refractivity contribution in [1.82, 2.24) is 20.0 Å². The minimum atomic E-state index is -1.13. The second kappa shape index (κ2) is 5.37. The SMILES string of the molecule is O=C(O)c1nnn(CCCO)c1-c1ccncc1. The number of pyridine rings is 1. The zero-order valence-electron chi connectivity index (χ0n) is 9.52. The normalized spacial score (nSPS) is 10.5. The van der Waals surface area contributed by atoms with Gasteiger partial charge in [0.25, 0.3) is 0 Å². The van der Waals surface area contributed by atoms with Crippen LogP contribution in [0.3, 0.4) is 0 Å². The lowest BCUT2D eigenvalue weighted by atomic mass is 10.1. The zero-order valence-corrected chi connectivity index (χ0v) is 9.52. The van der Waals surface area contributed by atoms with E-state index in [0.717, 1.165) is 0 Å². The molecular formula is C11H12N4O3. The molecule has 0 aromatic carbocycles. The molecule has 2 aromatic rings. The molecule has 0 saturated carbocycles. The fraction of sp³-hybridized carbons (Fsp3) is 0.273. The fourth-order valence-corrected chi connectivity index (χ4v) is 1.63. The van der Waals surface area contributed by atoms with Gasteiger partial charge in [-0.25, -0.2) is 9.48 Å². The molecule has 0 saturated heterocycles. The Morgan fingerprint density at radius 2 is 2.06 bits per heavy atom. The Hall–Kier alpha value is -2.28. The summed E-state index contributed by atoms with van der Waals surface area (Å²) in [5, 5.41) is 25.4. The summed E-state index contributed by atoms with van der Waals surface area (Å²) in [6.07, 6.45) is 3.63. The minimum absolute atomic E-state index is 0.0120. The monoisotopic (exact) mass is 248 g/mol. The summed E-state index contributed by atoms with van der Waals surface area (Å²) in [5.74, 6) is -1.13. The Bertz CT molecular complexity index is 538. The van der Waals surface area contributed by atoms with E-state index in [2.05, 4.69) is 15.3 Å². The molecule has 94 valence electrons. The Labute approximate surface area is 103 Å². The molecule has 0 fully saturated rings. The first kappa shape index (κ1) is 12.2. The highest BCUT2D eigenvalue weighted by atomic mass is 16.4. The number of hydrogen-bond acceptors (Lipinski definition) is 5. The maximum atomic E-state index is 11.1. The smallest absolute Gasteiger partial charge is 0.358 e. The average molecular weight is 248 g/mol. The van der Waals surface area contributed by atoms with Crippen molar-refractivity contribution < 1.29 is 15.0 Å². The first-order valence-corrected chi connectivity index (χ1v) is 5.42. The first-order chi connectivity index (χ1) is 8.74. The Kier molecular flexibility index (Phi) is 3.63. The molecule has 0 aliphatic rings. The summed E-state index contributed by atoms with van der Waals surface area (Å²) in [4.78, 5) is 15.0. The number of hydrogen-bond donors (Lipinski definition) is 2. The molecule has 0 radical (unpaired) electrons. The molecule has 0 aliphatic heterocycles. The summed E-state index contributed by atoms with van der Waals surface area (Å²) in [6, 6.07) is 3.39. The number of rotatable bonds is 5. The Balaban J connectivity index is 2.47. The van der Waals surface area contributed by atoms with E-state index >= 15 is 0 Å². The second-order valence-electron chi connectivity index (χ2n) is 3.63. The molecule has 0 bridgehead atoms. The van der Waals surface area contributed by atoms with Gasteiger partial charge < -0.3 is 10.2 Å². The van der Waals surface area contributed by atoms with E-state index < -0.39 is 5.97 Å². The van der Waals surface area contributed by atoms with Crippen LogP contribution in [0.4, 0.5) is 0 Å². The fourth-order valence-electron chi connectivity index (χ4n) is 1.63. The maximum absolute atomic E-state index is 11.1. The van der Waals surface area contributed by atoms with Crippen molar-refractivity contribution in [3.63, 3.8) is 0 Å². The molecule has 2 N–H and O–H groups in total. The number of carboxylic acid groups (broad SMARTS) is 1. The van der Waals surface area contributed by atoms with E-state index in [4.69, 9.17) is 10.2 Å². The predicted molar refractivity (Wildman–Crippen MR) is 61.9 cm³/mol. The van der Waals surface area contributed by atoms with Crippen molar-refractivity contribution in [2.75, 3.05) is 6.61 Å². The molecule has 18 heavy (non-hydrogen) atoms. The number of aliphatic hydroxyl groups excluding tert-OH is 1. The van der Waals surface area contributed by atoms with Gasteiger partial charge in [0.05, 0.1) is 0 Å². The number of carboxylic acids is 1. The minimum Gasteiger partial charge on any atom is -0.476 e. The van der Waals surface area contributed by atoms with Crippen LogP contribution >= 0.6 is 0 Å². The highest BCUT2D eigenvalue weighted by Crippen LogP contribution is 2.21. The van der Waals surface area contributed by atoms with Gasteiger partial charge in [-0.3, -0.25) is 4.98 Å². The highest BCUT2D eigenvalue weighted by Gasteiger charge is 2.20. The van der Waals surface area contributed by atoms with E-state index in [9.17, 15) is 4.79 Å². The molecule has 0 atom stereocenters. The first-order valence-electron chi connectivity index (χ1n) is 5.42. The van der Waals surface area contributed by atoms with Crippen molar-refractivity contribution in [2.45, 2.75) is 13.0 Å². The quantitative estimate of drug-likeness (QED) is 0.795. The van der Waals surface area contributed by atoms with Crippen LogP contribution in [0, 0.1) is 0 Å². The van der Waals surface area contributed by atoms with Gasteiger partial charge in [0, 0.05) is 31.1 Å². The van der Waals surface area contributed by atoms with Gasteiger partial charge in [0.1, 0.15) is 5.69 Å². The molecule has 0 aliphatic carbocycles. The summed E-state index contributed by atoms with van der Waals surface area (Å²) in [6.45, 7) is 0.423. The van der Waals surface area contributed by atoms with Crippen LogP contribution in [0.2, 0.25) is 0 Å². The molecule has 7 heteroatoms. The van der Waals surface area contributed by atoms with E-state index in [-0.39, 0.29) is 12.3 Å². The number of aryl methyl sites for hydroxylation is 1. The van der Waals surface area contributed by atoms with Crippen molar-refractivity contribution in [2.24, 2.45) is 0 Å². The van der Waals surface area contributed by atoms with Crippen LogP contribution in [0.25, 0.3) is 11.3 Å². The third kappa shape index (κ3) is 2.35. The van der Waals surface area contributed by atoms with Gasteiger partial charge >= 0.3 is 5.97 Å². The molecule has 7 nitrogen and oxygen atoms in total. The molecule has 0 spiro atoms. The number of carbonyl (C=O) groups is 1. The second-order valence-corrected chi connectivity index (χ2v) is 3.63. The third-order valence-electron chi connectivity index (χ3n) is 2.42. The van der Waals surface area contributed by atoms with Gasteiger partial charge in [0.15, 0.2) is 5.69 Å². The van der Waals surface area contributed by atoms with Gasteiger partial charge in [-0.2, -0.15) is 0 Å². The van der Waals surface area contributed by atoms with E-state index in [1.165, 1.54) is 4.68 Å². The number of aromatic carboxylic acids is 1. The van der Waals surface area contributed by atoms with Gasteiger partial charge in [0.2, 0.25) is 0 Å². The highest BCUT2D eigenvalue weighted by molar-refractivity contribution is 5.92. The van der Waals surface area contributed by atoms with Crippen LogP contribution in [0.1, 0.15) is 16.9 Å². The lowest BCUT2D eigenvalue weighted by Gasteiger charge is -2.05. The number of nitrogens with zero attached hydrogens (tertiary/aromatic N) is 4. The Morgan fingerprint density at radius 1 is 1.33 bits per heavy atom. The Morgan fingerprint density at radius 3 is 2.67 bits per heavy atom. The van der Waals surface area contributed by atoms with E-state index in [1.54, 1.807) is 24.5 Å². The van der Waals surface area contributed by atoms with Crippen LogP contribution in [0.5, 0.6) is 0 Å². The van der Waals surface area contributed by atoms with Crippen molar-refractivity contribution in [3.05, 3.63) is 30.2 Å². The summed E-state index contributed by atoms with van der Waals surface area (Å²) in [7, 11) is 0. The summed E-state index contributed by atoms with van der Waals surface area (Å²) >= 11 is 0. The largest absolute Gasteiger partial charge is 0.476 e. The lowest BCUT2D eigenvalue weighted by molar-refractivity contribution is 0.0691. The molecule has 2 aromatic heterocycles. The van der Waals surface area contributed by atoms with Crippen molar-refractivity contribution in [1.29, 1.82) is 0 Å². The third-order valence-corrected chi connectivity index (χ3v) is 2.42. The average Bonchev–Trinajstić information content (AvgIpc) is 2.81. The van der Waals surface area contributed by atoms with Crippen molar-refractivity contribution >= 4 is 5.97 Å². The predicted octanol–water partition coefficient (Wildman–Crippen LogP) is 0.421. The van der Waals surface area contributed by atoms with E-state index in [0.29, 0.717) is 24.2 Å².